The number of benzene rings is 1. The lowest BCUT2D eigenvalue weighted by Gasteiger charge is -2.38. The molecule has 10 heteroatoms. The second kappa shape index (κ2) is 11.4. The molecule has 1 aromatic rings. The summed E-state index contributed by atoms with van der Waals surface area (Å²) in [5, 5.41) is 0. The SMILES string of the molecule is CC1CCCCN1C(=O)CN1CCN(C(=O)CCCN(C)S(=O)(=O)c2ccc(F)cc2)CC1. The first kappa shape index (κ1) is 25.6. The van der Waals surface area contributed by atoms with Gasteiger partial charge in [-0.15, -0.1) is 0 Å². The van der Waals surface area contributed by atoms with Crippen LogP contribution in [0.5, 0.6) is 0 Å². The van der Waals surface area contributed by atoms with Crippen LogP contribution in [0, 0.1) is 5.82 Å². The zero-order valence-corrected chi connectivity index (χ0v) is 20.4. The Morgan fingerprint density at radius 1 is 1.03 bits per heavy atom. The Bertz CT molecular complexity index is 917. The molecule has 184 valence electrons. The van der Waals surface area contributed by atoms with Gasteiger partial charge in [0.25, 0.3) is 0 Å². The van der Waals surface area contributed by atoms with Crippen LogP contribution in [0.4, 0.5) is 4.39 Å². The molecule has 2 aliphatic heterocycles. The normalized spacial score (nSPS) is 20.3. The molecule has 2 fully saturated rings. The maximum atomic E-state index is 13.1. The molecule has 1 atom stereocenters. The number of rotatable bonds is 8. The molecule has 8 nitrogen and oxygen atoms in total. The van der Waals surface area contributed by atoms with Crippen molar-refractivity contribution in [1.82, 2.24) is 19.0 Å². The first-order valence-electron chi connectivity index (χ1n) is 11.7. The van der Waals surface area contributed by atoms with E-state index >= 15 is 0 Å². The third-order valence-electron chi connectivity index (χ3n) is 6.59. The second-order valence-electron chi connectivity index (χ2n) is 8.97. The Morgan fingerprint density at radius 2 is 1.70 bits per heavy atom. The fourth-order valence-electron chi connectivity index (χ4n) is 4.42. The van der Waals surface area contributed by atoms with Gasteiger partial charge in [-0.3, -0.25) is 14.5 Å². The van der Waals surface area contributed by atoms with Crippen LogP contribution in [0.2, 0.25) is 0 Å². The van der Waals surface area contributed by atoms with Gasteiger partial charge in [-0.25, -0.2) is 17.1 Å². The van der Waals surface area contributed by atoms with Gasteiger partial charge in [-0.1, -0.05) is 0 Å². The van der Waals surface area contributed by atoms with E-state index in [4.69, 9.17) is 0 Å². The minimum atomic E-state index is -3.71. The summed E-state index contributed by atoms with van der Waals surface area (Å²) in [6.45, 7) is 6.03. The quantitative estimate of drug-likeness (QED) is 0.564. The molecule has 2 heterocycles. The molecule has 0 saturated carbocycles. The van der Waals surface area contributed by atoms with E-state index in [1.54, 1.807) is 4.90 Å². The van der Waals surface area contributed by atoms with E-state index < -0.39 is 15.8 Å². The van der Waals surface area contributed by atoms with E-state index in [1.165, 1.54) is 29.9 Å². The standard InChI is InChI=1S/C23H35FN4O4S/c1-19-6-3-4-13-28(19)23(30)18-26-14-16-27(17-15-26)22(29)7-5-12-25(2)33(31,32)21-10-8-20(24)9-11-21/h8-11,19H,3-7,12-18H2,1-2H3. The number of carbonyl (C=O) groups is 2. The van der Waals surface area contributed by atoms with E-state index in [0.29, 0.717) is 45.2 Å². The van der Waals surface area contributed by atoms with Crippen LogP contribution >= 0.6 is 0 Å². The van der Waals surface area contributed by atoms with Crippen LogP contribution < -0.4 is 0 Å². The zero-order chi connectivity index (χ0) is 24.0. The molecule has 1 aromatic carbocycles. The van der Waals surface area contributed by atoms with E-state index in [2.05, 4.69) is 11.8 Å². The molecule has 33 heavy (non-hydrogen) atoms. The van der Waals surface area contributed by atoms with E-state index in [-0.39, 0.29) is 29.7 Å². The molecule has 2 aliphatic rings. The maximum Gasteiger partial charge on any atom is 0.242 e. The van der Waals surface area contributed by atoms with Crippen LogP contribution in [0.25, 0.3) is 0 Å². The Kier molecular flexibility index (Phi) is 8.83. The predicted octanol–water partition coefficient (Wildman–Crippen LogP) is 1.77. The lowest BCUT2D eigenvalue weighted by atomic mass is 10.0. The number of amides is 2. The van der Waals surface area contributed by atoms with Crippen molar-refractivity contribution in [3.05, 3.63) is 30.1 Å². The summed E-state index contributed by atoms with van der Waals surface area (Å²) in [6.07, 6.45) is 3.97. The molecule has 0 radical (unpaired) electrons. The smallest absolute Gasteiger partial charge is 0.242 e. The molecular formula is C23H35FN4O4S. The third kappa shape index (κ3) is 6.74. The van der Waals surface area contributed by atoms with Crippen LogP contribution in [0.1, 0.15) is 39.0 Å². The molecule has 0 N–H and O–H groups in total. The molecule has 0 aliphatic carbocycles. The number of piperidine rings is 1. The van der Waals surface area contributed by atoms with Gasteiger partial charge in [0.1, 0.15) is 5.82 Å². The lowest BCUT2D eigenvalue weighted by molar-refractivity contribution is -0.137. The Hall–Kier alpha value is -2.04. The van der Waals surface area contributed by atoms with Crippen LogP contribution in [-0.4, -0.2) is 98.1 Å². The van der Waals surface area contributed by atoms with Crippen molar-refractivity contribution >= 4 is 21.8 Å². The van der Waals surface area contributed by atoms with Gasteiger partial charge in [0, 0.05) is 58.8 Å². The number of sulfonamides is 1. The fraction of sp³-hybridized carbons (Fsp3) is 0.652. The van der Waals surface area contributed by atoms with Gasteiger partial charge in [0.05, 0.1) is 11.4 Å². The van der Waals surface area contributed by atoms with Crippen molar-refractivity contribution in [2.24, 2.45) is 0 Å². The van der Waals surface area contributed by atoms with Crippen LogP contribution in [0.3, 0.4) is 0 Å². The zero-order valence-electron chi connectivity index (χ0n) is 19.6. The maximum absolute atomic E-state index is 13.1. The highest BCUT2D eigenvalue weighted by molar-refractivity contribution is 7.89. The van der Waals surface area contributed by atoms with E-state index in [0.717, 1.165) is 31.5 Å². The number of likely N-dealkylation sites (tertiary alicyclic amines) is 1. The van der Waals surface area contributed by atoms with Crippen molar-refractivity contribution in [1.29, 1.82) is 0 Å². The number of halogens is 1. The fourth-order valence-corrected chi connectivity index (χ4v) is 5.63. The Labute approximate surface area is 196 Å². The molecule has 1 unspecified atom stereocenters. The molecule has 2 amide bonds. The highest BCUT2D eigenvalue weighted by Crippen LogP contribution is 2.18. The molecule has 0 bridgehead atoms. The van der Waals surface area contributed by atoms with Gasteiger partial charge < -0.3 is 9.80 Å². The highest BCUT2D eigenvalue weighted by Gasteiger charge is 2.27. The Morgan fingerprint density at radius 3 is 2.33 bits per heavy atom. The number of nitrogens with zero attached hydrogens (tertiary/aromatic N) is 4. The van der Waals surface area contributed by atoms with Crippen molar-refractivity contribution in [3.63, 3.8) is 0 Å². The topological polar surface area (TPSA) is 81.2 Å². The van der Waals surface area contributed by atoms with Crippen LogP contribution in [0.15, 0.2) is 29.2 Å². The minimum Gasteiger partial charge on any atom is -0.340 e. The predicted molar refractivity (Wildman–Crippen MR) is 123 cm³/mol. The largest absolute Gasteiger partial charge is 0.340 e. The molecular weight excluding hydrogens is 447 g/mol. The number of hydrogen-bond acceptors (Lipinski definition) is 5. The average Bonchev–Trinajstić information content (AvgIpc) is 2.80. The molecule has 3 rings (SSSR count). The highest BCUT2D eigenvalue weighted by atomic mass is 32.2. The van der Waals surface area contributed by atoms with Gasteiger partial charge in [0.2, 0.25) is 21.8 Å². The lowest BCUT2D eigenvalue weighted by Crippen LogP contribution is -2.53. The van der Waals surface area contributed by atoms with E-state index in [9.17, 15) is 22.4 Å². The Balaban J connectivity index is 1.38. The van der Waals surface area contributed by atoms with Gasteiger partial charge >= 0.3 is 0 Å². The molecule has 0 spiro atoms. The van der Waals surface area contributed by atoms with Crippen molar-refractivity contribution in [3.8, 4) is 0 Å². The first-order valence-corrected chi connectivity index (χ1v) is 13.1. The summed E-state index contributed by atoms with van der Waals surface area (Å²) in [6, 6.07) is 5.01. The van der Waals surface area contributed by atoms with Crippen molar-refractivity contribution in [2.45, 2.75) is 50.0 Å². The van der Waals surface area contributed by atoms with Gasteiger partial charge in [-0.05, 0) is 56.9 Å². The molecule has 0 aromatic heterocycles. The monoisotopic (exact) mass is 482 g/mol. The second-order valence-corrected chi connectivity index (χ2v) is 11.0. The number of piperazine rings is 1. The van der Waals surface area contributed by atoms with Crippen molar-refractivity contribution < 1.29 is 22.4 Å². The minimum absolute atomic E-state index is 0.00166. The van der Waals surface area contributed by atoms with Crippen molar-refractivity contribution in [2.75, 3.05) is 52.9 Å². The summed E-state index contributed by atoms with van der Waals surface area (Å²) in [5.41, 5.74) is 0. The van der Waals surface area contributed by atoms with Gasteiger partial charge in [-0.2, -0.15) is 0 Å². The number of carbonyl (C=O) groups excluding carboxylic acids is 2. The van der Waals surface area contributed by atoms with Crippen LogP contribution in [-0.2, 0) is 19.6 Å². The summed E-state index contributed by atoms with van der Waals surface area (Å²) in [7, 11) is -2.25. The van der Waals surface area contributed by atoms with E-state index in [1.807, 2.05) is 4.90 Å². The summed E-state index contributed by atoms with van der Waals surface area (Å²) in [5.74, 6) is -0.321. The molecule has 2 saturated heterocycles. The first-order chi connectivity index (χ1) is 15.7. The summed E-state index contributed by atoms with van der Waals surface area (Å²) < 4.78 is 39.4. The van der Waals surface area contributed by atoms with Gasteiger partial charge in [0.15, 0.2) is 0 Å². The summed E-state index contributed by atoms with van der Waals surface area (Å²) >= 11 is 0. The number of hydrogen-bond donors (Lipinski definition) is 0. The average molecular weight is 483 g/mol. The summed E-state index contributed by atoms with van der Waals surface area (Å²) in [4.78, 5) is 31.1. The third-order valence-corrected chi connectivity index (χ3v) is 8.46.